The Morgan fingerprint density at radius 3 is 2.47 bits per heavy atom. The van der Waals surface area contributed by atoms with Crippen LogP contribution in [0.2, 0.25) is 0 Å². The maximum absolute atomic E-state index is 12.4. The highest BCUT2D eigenvalue weighted by molar-refractivity contribution is 7.99. The van der Waals surface area contributed by atoms with Gasteiger partial charge in [0.05, 0.1) is 37.3 Å². The van der Waals surface area contributed by atoms with E-state index in [0.29, 0.717) is 33.4 Å². The molecule has 0 aliphatic carbocycles. The van der Waals surface area contributed by atoms with Crippen molar-refractivity contribution in [3.8, 4) is 28.6 Å². The molecule has 1 N–H and O–H groups in total. The quantitative estimate of drug-likeness (QED) is 0.387. The number of hydrogen-bond acceptors (Lipinski definition) is 9. The minimum absolute atomic E-state index is 0.161. The van der Waals surface area contributed by atoms with Gasteiger partial charge < -0.3 is 24.1 Å². The second kappa shape index (κ2) is 9.45. The van der Waals surface area contributed by atoms with Gasteiger partial charge in [0.15, 0.2) is 27.6 Å². The number of aromatic nitrogens is 4. The first-order valence-corrected chi connectivity index (χ1v) is 11.3. The summed E-state index contributed by atoms with van der Waals surface area (Å²) in [6.07, 6.45) is 0. The lowest BCUT2D eigenvalue weighted by Gasteiger charge is -2.14. The Balaban J connectivity index is 1.47. The van der Waals surface area contributed by atoms with E-state index in [1.165, 1.54) is 23.1 Å². The van der Waals surface area contributed by atoms with Gasteiger partial charge in [-0.3, -0.25) is 4.79 Å². The molecule has 0 saturated carbocycles. The van der Waals surface area contributed by atoms with Gasteiger partial charge >= 0.3 is 0 Å². The first-order valence-electron chi connectivity index (χ1n) is 9.52. The molecule has 9 nitrogen and oxygen atoms in total. The van der Waals surface area contributed by atoms with E-state index in [1.807, 2.05) is 35.9 Å². The van der Waals surface area contributed by atoms with Gasteiger partial charge in [-0.25, -0.2) is 4.98 Å². The Kier molecular flexibility index (Phi) is 6.47. The van der Waals surface area contributed by atoms with Crippen LogP contribution in [0.1, 0.15) is 0 Å². The number of thioether (sulfide) groups is 1. The predicted molar refractivity (Wildman–Crippen MR) is 125 cm³/mol. The second-order valence-electron chi connectivity index (χ2n) is 6.60. The first-order chi connectivity index (χ1) is 15.5. The standard InChI is InChI=1S/C21H21N5O4S2/c1-26-19(12-9-14(28-2)18(30-4)15(10-12)29-3)24-25-21(26)31-11-17(27)23-20-22-13-7-5-6-8-16(13)32-20/h5-10H,11H2,1-4H3,(H,22,23,27). The van der Waals surface area contributed by atoms with Gasteiger partial charge in [-0.05, 0) is 24.3 Å². The molecule has 0 aliphatic heterocycles. The van der Waals surface area contributed by atoms with E-state index in [9.17, 15) is 4.79 Å². The van der Waals surface area contributed by atoms with Gasteiger partial charge in [-0.2, -0.15) is 0 Å². The number of nitrogens with zero attached hydrogens (tertiary/aromatic N) is 4. The van der Waals surface area contributed by atoms with Crippen molar-refractivity contribution in [2.24, 2.45) is 7.05 Å². The van der Waals surface area contributed by atoms with E-state index in [2.05, 4.69) is 20.5 Å². The Morgan fingerprint density at radius 1 is 1.09 bits per heavy atom. The molecule has 0 bridgehead atoms. The van der Waals surface area contributed by atoms with Crippen LogP contribution in [0.5, 0.6) is 17.2 Å². The van der Waals surface area contributed by atoms with Crippen LogP contribution in [0.15, 0.2) is 41.6 Å². The summed E-state index contributed by atoms with van der Waals surface area (Å²) in [5.41, 5.74) is 1.61. The average molecular weight is 472 g/mol. The molecule has 2 heterocycles. The normalized spacial score (nSPS) is 10.9. The summed E-state index contributed by atoms with van der Waals surface area (Å²) in [5.74, 6) is 2.17. The Bertz CT molecular complexity index is 1210. The lowest BCUT2D eigenvalue weighted by Crippen LogP contribution is -2.14. The van der Waals surface area contributed by atoms with Crippen molar-refractivity contribution in [2.75, 3.05) is 32.4 Å². The number of rotatable bonds is 8. The monoisotopic (exact) mass is 471 g/mol. The van der Waals surface area contributed by atoms with Crippen LogP contribution in [0.4, 0.5) is 5.13 Å². The largest absolute Gasteiger partial charge is 0.493 e. The lowest BCUT2D eigenvalue weighted by atomic mass is 10.1. The van der Waals surface area contributed by atoms with Crippen molar-refractivity contribution in [1.82, 2.24) is 19.7 Å². The topological polar surface area (TPSA) is 100 Å². The van der Waals surface area contributed by atoms with Crippen molar-refractivity contribution in [3.05, 3.63) is 36.4 Å². The van der Waals surface area contributed by atoms with Gasteiger partial charge in [0.25, 0.3) is 0 Å². The van der Waals surface area contributed by atoms with E-state index in [0.717, 1.165) is 15.8 Å². The molecular formula is C21H21N5O4S2. The SMILES string of the molecule is COc1cc(-c2nnc(SCC(=O)Nc3nc4ccccc4s3)n2C)cc(OC)c1OC. The third kappa shape index (κ3) is 4.34. The molecular weight excluding hydrogens is 450 g/mol. The first kappa shape index (κ1) is 21.9. The molecule has 0 aliphatic rings. The van der Waals surface area contributed by atoms with Crippen molar-refractivity contribution in [1.29, 1.82) is 0 Å². The fourth-order valence-corrected chi connectivity index (χ4v) is 4.71. The fraction of sp³-hybridized carbons (Fsp3) is 0.238. The molecule has 0 saturated heterocycles. The number of anilines is 1. The maximum atomic E-state index is 12.4. The maximum Gasteiger partial charge on any atom is 0.236 e. The van der Waals surface area contributed by atoms with E-state index in [4.69, 9.17) is 14.2 Å². The predicted octanol–water partition coefficient (Wildman–Crippen LogP) is 3.85. The average Bonchev–Trinajstić information content (AvgIpc) is 3.38. The van der Waals surface area contributed by atoms with Crippen molar-refractivity contribution in [3.63, 3.8) is 0 Å². The molecule has 2 aromatic carbocycles. The van der Waals surface area contributed by atoms with Crippen LogP contribution in [-0.4, -0.2) is 52.7 Å². The molecule has 11 heteroatoms. The number of carbonyl (C=O) groups excluding carboxylic acids is 1. The van der Waals surface area contributed by atoms with Gasteiger partial charge in [0.1, 0.15) is 0 Å². The summed E-state index contributed by atoms with van der Waals surface area (Å²) in [6, 6.07) is 11.4. The molecule has 0 atom stereocenters. The van der Waals surface area contributed by atoms with Crippen LogP contribution in [-0.2, 0) is 11.8 Å². The minimum Gasteiger partial charge on any atom is -0.493 e. The highest BCUT2D eigenvalue weighted by Gasteiger charge is 2.19. The van der Waals surface area contributed by atoms with Crippen molar-refractivity contribution in [2.45, 2.75) is 5.16 Å². The zero-order chi connectivity index (χ0) is 22.7. The number of benzene rings is 2. The molecule has 4 aromatic rings. The summed E-state index contributed by atoms with van der Waals surface area (Å²) >= 11 is 2.73. The fourth-order valence-electron chi connectivity index (χ4n) is 3.11. The van der Waals surface area contributed by atoms with Gasteiger partial charge in [-0.15, -0.1) is 10.2 Å². The number of methoxy groups -OCH3 is 3. The number of carbonyl (C=O) groups is 1. The third-order valence-corrected chi connectivity index (χ3v) is 6.60. The van der Waals surface area contributed by atoms with E-state index in [1.54, 1.807) is 33.5 Å². The smallest absolute Gasteiger partial charge is 0.236 e. The van der Waals surface area contributed by atoms with Crippen LogP contribution in [0.25, 0.3) is 21.6 Å². The third-order valence-electron chi connectivity index (χ3n) is 4.63. The molecule has 0 radical (unpaired) electrons. The molecule has 4 rings (SSSR count). The molecule has 0 unspecified atom stereocenters. The number of nitrogens with one attached hydrogen (secondary N) is 1. The van der Waals surface area contributed by atoms with Gasteiger partial charge in [0, 0.05) is 12.6 Å². The van der Waals surface area contributed by atoms with Crippen LogP contribution < -0.4 is 19.5 Å². The minimum atomic E-state index is -0.161. The molecule has 1 amide bonds. The zero-order valence-electron chi connectivity index (χ0n) is 17.9. The van der Waals surface area contributed by atoms with Gasteiger partial charge in [0.2, 0.25) is 11.7 Å². The summed E-state index contributed by atoms with van der Waals surface area (Å²) in [7, 11) is 6.51. The molecule has 166 valence electrons. The zero-order valence-corrected chi connectivity index (χ0v) is 19.5. The number of ether oxygens (including phenoxy) is 3. The van der Waals surface area contributed by atoms with E-state index >= 15 is 0 Å². The molecule has 0 spiro atoms. The van der Waals surface area contributed by atoms with Crippen molar-refractivity contribution < 1.29 is 19.0 Å². The number of fused-ring (bicyclic) bond motifs is 1. The highest BCUT2D eigenvalue weighted by atomic mass is 32.2. The van der Waals surface area contributed by atoms with Crippen LogP contribution in [0, 0.1) is 0 Å². The van der Waals surface area contributed by atoms with Crippen molar-refractivity contribution >= 4 is 44.4 Å². The van der Waals surface area contributed by atoms with Gasteiger partial charge in [-0.1, -0.05) is 35.2 Å². The molecule has 32 heavy (non-hydrogen) atoms. The summed E-state index contributed by atoms with van der Waals surface area (Å²) in [4.78, 5) is 16.8. The summed E-state index contributed by atoms with van der Waals surface area (Å²) in [6.45, 7) is 0. The molecule has 0 fully saturated rings. The van der Waals surface area contributed by atoms with E-state index < -0.39 is 0 Å². The van der Waals surface area contributed by atoms with E-state index in [-0.39, 0.29) is 11.7 Å². The number of amides is 1. The Morgan fingerprint density at radius 2 is 1.81 bits per heavy atom. The molecule has 2 aromatic heterocycles. The Hall–Kier alpha value is -3.31. The number of hydrogen-bond donors (Lipinski definition) is 1. The highest BCUT2D eigenvalue weighted by Crippen LogP contribution is 2.41. The lowest BCUT2D eigenvalue weighted by molar-refractivity contribution is -0.113. The number of thiazole rings is 1. The van der Waals surface area contributed by atoms with Crippen LogP contribution in [0.3, 0.4) is 0 Å². The van der Waals surface area contributed by atoms with Crippen LogP contribution >= 0.6 is 23.1 Å². The number of para-hydroxylation sites is 1. The summed E-state index contributed by atoms with van der Waals surface area (Å²) < 4.78 is 19.1. The second-order valence-corrected chi connectivity index (χ2v) is 8.58. The Labute approximate surface area is 192 Å². The summed E-state index contributed by atoms with van der Waals surface area (Å²) in [5, 5.41) is 12.5.